The number of azo groups is 1. The van der Waals surface area contributed by atoms with Crippen molar-refractivity contribution in [2.45, 2.75) is 20.8 Å². The minimum Gasteiger partial charge on any atom is -0.372 e. The van der Waals surface area contributed by atoms with Crippen molar-refractivity contribution >= 4 is 28.8 Å². The molecule has 2 aromatic carbocycles. The first-order valence-corrected chi connectivity index (χ1v) is 9.92. The number of rotatable bonds is 6. The first-order valence-electron chi connectivity index (χ1n) is 9.55. The Bertz CT molecular complexity index is 988. The second-order valence-electron chi connectivity index (χ2n) is 6.74. The maximum Gasteiger partial charge on any atom is 0.389 e. The first kappa shape index (κ1) is 20.1. The molecule has 28 heavy (non-hydrogen) atoms. The van der Waals surface area contributed by atoms with Gasteiger partial charge in [0.25, 0.3) is 0 Å². The van der Waals surface area contributed by atoms with Gasteiger partial charge in [0.15, 0.2) is 5.02 Å². The lowest BCUT2D eigenvalue weighted by atomic mass is 10.1. The van der Waals surface area contributed by atoms with E-state index in [0.29, 0.717) is 10.8 Å². The van der Waals surface area contributed by atoms with Gasteiger partial charge in [-0.1, -0.05) is 41.9 Å². The molecule has 0 bridgehead atoms. The maximum atomic E-state index is 6.68. The average Bonchev–Trinajstić information content (AvgIpc) is 2.91. The second-order valence-corrected chi connectivity index (χ2v) is 7.12. The standard InChI is InChI=1S/C22H27ClN5/c1-6-28(7-2)18-13-14-19(16(3)15-18)24-25-22-20(23)21(26(4)27(22)5)17-11-9-8-10-12-17/h8-15H,6-7H2,1-5H3/q+1. The van der Waals surface area contributed by atoms with Crippen molar-refractivity contribution in [3.05, 3.63) is 59.1 Å². The molecule has 6 heteroatoms. The molecule has 0 saturated heterocycles. The molecule has 0 atom stereocenters. The van der Waals surface area contributed by atoms with Gasteiger partial charge in [-0.05, 0) is 49.6 Å². The van der Waals surface area contributed by atoms with Crippen LogP contribution in [0.1, 0.15) is 19.4 Å². The molecule has 0 saturated carbocycles. The van der Waals surface area contributed by atoms with Crippen LogP contribution in [0.3, 0.4) is 0 Å². The van der Waals surface area contributed by atoms with E-state index >= 15 is 0 Å². The molecule has 1 heterocycles. The number of nitrogens with zero attached hydrogens (tertiary/aromatic N) is 5. The number of halogens is 1. The summed E-state index contributed by atoms with van der Waals surface area (Å²) in [6.07, 6.45) is 0. The van der Waals surface area contributed by atoms with Gasteiger partial charge in [0.05, 0.1) is 5.11 Å². The van der Waals surface area contributed by atoms with Crippen molar-refractivity contribution in [3.8, 4) is 11.3 Å². The van der Waals surface area contributed by atoms with E-state index in [1.807, 2.05) is 59.9 Å². The van der Waals surface area contributed by atoms with Crippen LogP contribution in [0.15, 0.2) is 58.8 Å². The monoisotopic (exact) mass is 396 g/mol. The maximum absolute atomic E-state index is 6.68. The Morgan fingerprint density at radius 1 is 1.04 bits per heavy atom. The first-order chi connectivity index (χ1) is 13.5. The molecule has 146 valence electrons. The van der Waals surface area contributed by atoms with E-state index < -0.39 is 0 Å². The summed E-state index contributed by atoms with van der Waals surface area (Å²) in [5, 5.41) is 9.56. The van der Waals surface area contributed by atoms with Crippen LogP contribution in [0.25, 0.3) is 11.3 Å². The van der Waals surface area contributed by atoms with Gasteiger partial charge in [0.1, 0.15) is 18.4 Å². The third-order valence-electron chi connectivity index (χ3n) is 5.09. The Kier molecular flexibility index (Phi) is 6.15. The summed E-state index contributed by atoms with van der Waals surface area (Å²) in [5.74, 6) is 0.634. The molecule has 5 nitrogen and oxygen atoms in total. The number of anilines is 1. The summed E-state index contributed by atoms with van der Waals surface area (Å²) < 4.78 is 3.90. The van der Waals surface area contributed by atoms with Crippen molar-refractivity contribution in [2.75, 3.05) is 18.0 Å². The summed E-state index contributed by atoms with van der Waals surface area (Å²) in [7, 11) is 3.90. The van der Waals surface area contributed by atoms with Crippen molar-refractivity contribution < 1.29 is 4.68 Å². The van der Waals surface area contributed by atoms with Crippen LogP contribution >= 0.6 is 11.6 Å². The topological polar surface area (TPSA) is 36.8 Å². The molecular formula is C22H27ClN5+. The van der Waals surface area contributed by atoms with Gasteiger partial charge < -0.3 is 4.90 Å². The van der Waals surface area contributed by atoms with Gasteiger partial charge >= 0.3 is 5.82 Å². The molecule has 0 radical (unpaired) electrons. The van der Waals surface area contributed by atoms with Crippen LogP contribution in [-0.2, 0) is 14.1 Å². The Morgan fingerprint density at radius 3 is 2.32 bits per heavy atom. The van der Waals surface area contributed by atoms with E-state index in [1.165, 1.54) is 5.69 Å². The van der Waals surface area contributed by atoms with Crippen LogP contribution in [0, 0.1) is 6.92 Å². The molecular weight excluding hydrogens is 370 g/mol. The molecule has 0 unspecified atom stereocenters. The lowest BCUT2D eigenvalue weighted by molar-refractivity contribution is -0.738. The predicted molar refractivity (Wildman–Crippen MR) is 116 cm³/mol. The van der Waals surface area contributed by atoms with E-state index in [-0.39, 0.29) is 0 Å². The minimum absolute atomic E-state index is 0.595. The van der Waals surface area contributed by atoms with Crippen LogP contribution in [0.4, 0.5) is 17.2 Å². The zero-order valence-electron chi connectivity index (χ0n) is 17.1. The van der Waals surface area contributed by atoms with E-state index in [2.05, 4.69) is 48.0 Å². The largest absolute Gasteiger partial charge is 0.389 e. The van der Waals surface area contributed by atoms with Crippen LogP contribution < -0.4 is 9.58 Å². The highest BCUT2D eigenvalue weighted by Gasteiger charge is 2.26. The third kappa shape index (κ3) is 3.80. The lowest BCUT2D eigenvalue weighted by Gasteiger charge is -2.21. The van der Waals surface area contributed by atoms with Gasteiger partial charge in [-0.3, -0.25) is 0 Å². The number of aryl methyl sites for hydroxylation is 1. The average molecular weight is 397 g/mol. The summed E-state index contributed by atoms with van der Waals surface area (Å²) in [6, 6.07) is 16.3. The highest BCUT2D eigenvalue weighted by atomic mass is 35.5. The molecule has 0 aliphatic heterocycles. The van der Waals surface area contributed by atoms with Crippen LogP contribution in [0.2, 0.25) is 5.02 Å². The van der Waals surface area contributed by atoms with Gasteiger partial charge in [0.2, 0.25) is 0 Å². The molecule has 0 amide bonds. The third-order valence-corrected chi connectivity index (χ3v) is 5.44. The second kappa shape index (κ2) is 8.57. The summed E-state index contributed by atoms with van der Waals surface area (Å²) >= 11 is 6.68. The van der Waals surface area contributed by atoms with E-state index in [9.17, 15) is 0 Å². The Labute approximate surface area is 171 Å². The smallest absolute Gasteiger partial charge is 0.372 e. The SMILES string of the molecule is CCN(CC)c1ccc(N=Nc2c(Cl)c(-c3ccccc3)n(C)[n+]2C)c(C)c1. The van der Waals surface area contributed by atoms with Crippen molar-refractivity contribution in [1.82, 2.24) is 4.68 Å². The Hall–Kier alpha value is -2.66. The summed E-state index contributed by atoms with van der Waals surface area (Å²) in [4.78, 5) is 2.31. The molecule has 0 fully saturated rings. The Morgan fingerprint density at radius 2 is 1.71 bits per heavy atom. The molecule has 3 rings (SSSR count). The van der Waals surface area contributed by atoms with E-state index in [0.717, 1.165) is 35.6 Å². The highest BCUT2D eigenvalue weighted by molar-refractivity contribution is 6.35. The molecule has 0 aliphatic rings. The van der Waals surface area contributed by atoms with Gasteiger partial charge in [0, 0.05) is 31.4 Å². The Balaban J connectivity index is 1.95. The lowest BCUT2D eigenvalue weighted by Crippen LogP contribution is -2.37. The summed E-state index contributed by atoms with van der Waals surface area (Å²) in [6.45, 7) is 8.34. The quantitative estimate of drug-likeness (QED) is 0.386. The number of hydrogen-bond acceptors (Lipinski definition) is 3. The van der Waals surface area contributed by atoms with Crippen molar-refractivity contribution in [3.63, 3.8) is 0 Å². The van der Waals surface area contributed by atoms with E-state index in [1.54, 1.807) is 0 Å². The highest BCUT2D eigenvalue weighted by Crippen LogP contribution is 2.35. The zero-order valence-corrected chi connectivity index (χ0v) is 17.9. The molecule has 0 spiro atoms. The van der Waals surface area contributed by atoms with Crippen molar-refractivity contribution in [2.24, 2.45) is 24.3 Å². The summed E-state index contributed by atoms with van der Waals surface area (Å²) in [5.41, 5.74) is 5.11. The van der Waals surface area contributed by atoms with Crippen LogP contribution in [0.5, 0.6) is 0 Å². The van der Waals surface area contributed by atoms with Gasteiger partial charge in [-0.15, -0.1) is 0 Å². The fourth-order valence-electron chi connectivity index (χ4n) is 3.34. The molecule has 0 N–H and O–H groups in total. The zero-order chi connectivity index (χ0) is 20.3. The predicted octanol–water partition coefficient (Wildman–Crippen LogP) is 5.74. The van der Waals surface area contributed by atoms with Crippen LogP contribution in [-0.4, -0.2) is 17.8 Å². The normalized spacial score (nSPS) is 11.4. The number of hydrogen-bond donors (Lipinski definition) is 0. The van der Waals surface area contributed by atoms with Gasteiger partial charge in [-0.25, -0.2) is 4.68 Å². The number of benzene rings is 2. The molecule has 1 aromatic heterocycles. The fraction of sp³-hybridized carbons (Fsp3) is 0.318. The van der Waals surface area contributed by atoms with Gasteiger partial charge in [-0.2, -0.15) is 4.68 Å². The van der Waals surface area contributed by atoms with Crippen molar-refractivity contribution in [1.29, 1.82) is 0 Å². The van der Waals surface area contributed by atoms with E-state index in [4.69, 9.17) is 11.6 Å². The minimum atomic E-state index is 0.595. The molecule has 3 aromatic rings. The number of aromatic nitrogens is 2. The molecule has 0 aliphatic carbocycles. The fourth-order valence-corrected chi connectivity index (χ4v) is 3.73.